The lowest BCUT2D eigenvalue weighted by molar-refractivity contribution is 0.0955. The number of anilines is 1. The summed E-state index contributed by atoms with van der Waals surface area (Å²) in [6.45, 7) is 2.95. The first-order chi connectivity index (χ1) is 10.2. The Balaban J connectivity index is 1.77. The zero-order valence-electron chi connectivity index (χ0n) is 12.1. The molecule has 2 aromatic rings. The Morgan fingerprint density at radius 3 is 2.76 bits per heavy atom. The number of nitrogens with one attached hydrogen (secondary N) is 2. The molecule has 110 valence electrons. The first-order valence-corrected chi connectivity index (χ1v) is 6.65. The van der Waals surface area contributed by atoms with E-state index in [0.29, 0.717) is 30.2 Å². The van der Waals surface area contributed by atoms with Gasteiger partial charge in [-0.25, -0.2) is 0 Å². The van der Waals surface area contributed by atoms with Crippen molar-refractivity contribution >= 4 is 11.7 Å². The van der Waals surface area contributed by atoms with Gasteiger partial charge in [-0.05, 0) is 37.3 Å². The van der Waals surface area contributed by atoms with Gasteiger partial charge in [-0.2, -0.15) is 5.10 Å². The van der Waals surface area contributed by atoms with E-state index < -0.39 is 0 Å². The lowest BCUT2D eigenvalue weighted by Crippen LogP contribution is -2.28. The summed E-state index contributed by atoms with van der Waals surface area (Å²) in [6, 6.07) is 10.8. The number of amides is 1. The van der Waals surface area contributed by atoms with E-state index in [1.807, 2.05) is 19.1 Å². The maximum Gasteiger partial charge on any atom is 0.251 e. The second-order valence-corrected chi connectivity index (χ2v) is 4.47. The van der Waals surface area contributed by atoms with Gasteiger partial charge in [0, 0.05) is 18.7 Å². The van der Waals surface area contributed by atoms with E-state index in [4.69, 9.17) is 4.74 Å². The Morgan fingerprint density at radius 2 is 2.05 bits per heavy atom. The Hall–Kier alpha value is -2.63. The van der Waals surface area contributed by atoms with Crippen LogP contribution in [0, 0.1) is 6.92 Å². The predicted molar refractivity (Wildman–Crippen MR) is 80.6 cm³/mol. The van der Waals surface area contributed by atoms with Gasteiger partial charge in [0.05, 0.1) is 12.8 Å². The number of ether oxygens (including phenoxy) is 1. The zero-order valence-corrected chi connectivity index (χ0v) is 12.1. The standard InChI is InChI=1S/C15H18N4O2/c1-11-6-7-14(19-18-11)16-8-9-17-15(20)12-4-3-5-13(10-12)21-2/h3-7,10H,8-9H2,1-2H3,(H,16,19)(H,17,20). The van der Waals surface area contributed by atoms with Crippen molar-refractivity contribution in [1.29, 1.82) is 0 Å². The summed E-state index contributed by atoms with van der Waals surface area (Å²) in [6.07, 6.45) is 0. The summed E-state index contributed by atoms with van der Waals surface area (Å²) < 4.78 is 5.09. The fourth-order valence-electron chi connectivity index (χ4n) is 1.73. The molecule has 0 aliphatic heterocycles. The van der Waals surface area contributed by atoms with Crippen molar-refractivity contribution in [2.75, 3.05) is 25.5 Å². The summed E-state index contributed by atoms with van der Waals surface area (Å²) in [7, 11) is 1.57. The average Bonchev–Trinajstić information content (AvgIpc) is 2.53. The Bertz CT molecular complexity index is 599. The van der Waals surface area contributed by atoms with Gasteiger partial charge >= 0.3 is 0 Å². The Morgan fingerprint density at radius 1 is 1.19 bits per heavy atom. The molecule has 2 N–H and O–H groups in total. The third kappa shape index (κ3) is 4.45. The molecule has 0 unspecified atom stereocenters. The van der Waals surface area contributed by atoms with Gasteiger partial charge in [-0.15, -0.1) is 5.10 Å². The van der Waals surface area contributed by atoms with E-state index >= 15 is 0 Å². The second-order valence-electron chi connectivity index (χ2n) is 4.47. The number of benzene rings is 1. The van der Waals surface area contributed by atoms with Crippen LogP contribution in [0.4, 0.5) is 5.82 Å². The van der Waals surface area contributed by atoms with E-state index in [-0.39, 0.29) is 5.91 Å². The van der Waals surface area contributed by atoms with Gasteiger partial charge in [0.2, 0.25) is 0 Å². The lowest BCUT2D eigenvalue weighted by atomic mass is 10.2. The molecule has 1 aromatic carbocycles. The fraction of sp³-hybridized carbons (Fsp3) is 0.267. The van der Waals surface area contributed by atoms with E-state index in [1.165, 1.54) is 0 Å². The number of hydrogen-bond acceptors (Lipinski definition) is 5. The molecule has 0 bridgehead atoms. The number of methoxy groups -OCH3 is 1. The van der Waals surface area contributed by atoms with Crippen LogP contribution in [-0.2, 0) is 0 Å². The molecule has 1 heterocycles. The summed E-state index contributed by atoms with van der Waals surface area (Å²) in [4.78, 5) is 11.9. The molecule has 21 heavy (non-hydrogen) atoms. The van der Waals surface area contributed by atoms with Crippen LogP contribution in [0.15, 0.2) is 36.4 Å². The molecule has 6 nitrogen and oxygen atoms in total. The highest BCUT2D eigenvalue weighted by molar-refractivity contribution is 5.94. The minimum atomic E-state index is -0.134. The number of hydrogen-bond donors (Lipinski definition) is 2. The molecule has 0 spiro atoms. The van der Waals surface area contributed by atoms with E-state index in [0.717, 1.165) is 5.69 Å². The van der Waals surface area contributed by atoms with Gasteiger partial charge in [0.15, 0.2) is 0 Å². The minimum Gasteiger partial charge on any atom is -0.497 e. The number of carbonyl (C=O) groups is 1. The van der Waals surface area contributed by atoms with Crippen molar-refractivity contribution in [3.05, 3.63) is 47.7 Å². The summed E-state index contributed by atoms with van der Waals surface area (Å²) in [5, 5.41) is 13.8. The smallest absolute Gasteiger partial charge is 0.251 e. The number of aromatic nitrogens is 2. The highest BCUT2D eigenvalue weighted by atomic mass is 16.5. The van der Waals surface area contributed by atoms with Crippen LogP contribution in [0.1, 0.15) is 16.1 Å². The molecular formula is C15H18N4O2. The average molecular weight is 286 g/mol. The topological polar surface area (TPSA) is 76.1 Å². The molecule has 0 fully saturated rings. The van der Waals surface area contributed by atoms with Gasteiger partial charge in [-0.3, -0.25) is 4.79 Å². The van der Waals surface area contributed by atoms with Crippen LogP contribution in [0.25, 0.3) is 0 Å². The van der Waals surface area contributed by atoms with Gasteiger partial charge in [0.25, 0.3) is 5.91 Å². The highest BCUT2D eigenvalue weighted by Gasteiger charge is 2.05. The van der Waals surface area contributed by atoms with Gasteiger partial charge in [-0.1, -0.05) is 6.07 Å². The SMILES string of the molecule is COc1cccc(C(=O)NCCNc2ccc(C)nn2)c1. The monoisotopic (exact) mass is 286 g/mol. The molecule has 0 saturated heterocycles. The second kappa shape index (κ2) is 7.23. The minimum absolute atomic E-state index is 0.134. The molecule has 0 radical (unpaired) electrons. The number of aryl methyl sites for hydroxylation is 1. The van der Waals surface area contributed by atoms with Gasteiger partial charge < -0.3 is 15.4 Å². The predicted octanol–water partition coefficient (Wildman–Crippen LogP) is 1.64. The molecule has 0 atom stereocenters. The van der Waals surface area contributed by atoms with Crippen molar-refractivity contribution < 1.29 is 9.53 Å². The van der Waals surface area contributed by atoms with Crippen molar-refractivity contribution in [2.45, 2.75) is 6.92 Å². The molecule has 1 aromatic heterocycles. The van der Waals surface area contributed by atoms with Crippen LogP contribution in [0.3, 0.4) is 0 Å². The first kappa shape index (κ1) is 14.8. The summed E-state index contributed by atoms with van der Waals surface area (Å²) in [5.41, 5.74) is 1.44. The lowest BCUT2D eigenvalue weighted by Gasteiger charge is -2.08. The van der Waals surface area contributed by atoms with Crippen molar-refractivity contribution in [3.63, 3.8) is 0 Å². The zero-order chi connectivity index (χ0) is 15.1. The summed E-state index contributed by atoms with van der Waals surface area (Å²) >= 11 is 0. The maximum atomic E-state index is 11.9. The summed E-state index contributed by atoms with van der Waals surface area (Å²) in [5.74, 6) is 1.22. The van der Waals surface area contributed by atoms with Crippen LogP contribution in [-0.4, -0.2) is 36.3 Å². The molecular weight excluding hydrogens is 268 g/mol. The first-order valence-electron chi connectivity index (χ1n) is 6.65. The molecule has 6 heteroatoms. The van der Waals surface area contributed by atoms with Crippen LogP contribution in [0.5, 0.6) is 5.75 Å². The van der Waals surface area contributed by atoms with E-state index in [1.54, 1.807) is 31.4 Å². The van der Waals surface area contributed by atoms with Crippen LogP contribution in [0.2, 0.25) is 0 Å². The molecule has 1 amide bonds. The third-order valence-corrected chi connectivity index (χ3v) is 2.85. The number of carbonyl (C=O) groups excluding carboxylic acids is 1. The number of rotatable bonds is 6. The molecule has 0 aliphatic carbocycles. The Kier molecular flexibility index (Phi) is 5.09. The number of nitrogens with zero attached hydrogens (tertiary/aromatic N) is 2. The largest absolute Gasteiger partial charge is 0.497 e. The molecule has 0 saturated carbocycles. The normalized spacial score (nSPS) is 10.0. The van der Waals surface area contributed by atoms with Crippen LogP contribution >= 0.6 is 0 Å². The van der Waals surface area contributed by atoms with Crippen molar-refractivity contribution in [3.8, 4) is 5.75 Å². The van der Waals surface area contributed by atoms with Crippen molar-refractivity contribution in [2.24, 2.45) is 0 Å². The van der Waals surface area contributed by atoms with Gasteiger partial charge in [0.1, 0.15) is 11.6 Å². The third-order valence-electron chi connectivity index (χ3n) is 2.85. The quantitative estimate of drug-likeness (QED) is 0.789. The fourth-order valence-corrected chi connectivity index (χ4v) is 1.73. The maximum absolute atomic E-state index is 11.9. The van der Waals surface area contributed by atoms with E-state index in [9.17, 15) is 4.79 Å². The highest BCUT2D eigenvalue weighted by Crippen LogP contribution is 2.12. The Labute approximate surface area is 123 Å². The van der Waals surface area contributed by atoms with Crippen molar-refractivity contribution in [1.82, 2.24) is 15.5 Å². The molecule has 0 aliphatic rings. The molecule has 2 rings (SSSR count). The van der Waals surface area contributed by atoms with E-state index in [2.05, 4.69) is 20.8 Å². The van der Waals surface area contributed by atoms with Crippen LogP contribution < -0.4 is 15.4 Å².